The normalized spacial score (nSPS) is 10.3. The molecule has 1 aromatic carbocycles. The predicted octanol–water partition coefficient (Wildman–Crippen LogP) is 3.83. The molecule has 0 fully saturated rings. The molecule has 4 nitrogen and oxygen atoms in total. The van der Waals surface area contributed by atoms with Crippen LogP contribution in [0.4, 0.5) is 4.79 Å². The zero-order chi connectivity index (χ0) is 14.4. The van der Waals surface area contributed by atoms with Gasteiger partial charge >= 0.3 is 6.16 Å². The summed E-state index contributed by atoms with van der Waals surface area (Å²) in [7, 11) is 0. The topological polar surface area (TPSA) is 61.5 Å². The molecule has 0 radical (unpaired) electrons. The average Bonchev–Trinajstić information content (AvgIpc) is 2.35. The third-order valence-electron chi connectivity index (χ3n) is 2.84. The molecule has 1 rings (SSSR count). The first-order chi connectivity index (χ1) is 8.97. The van der Waals surface area contributed by atoms with Gasteiger partial charge in [0.2, 0.25) is 0 Å². The lowest BCUT2D eigenvalue weighted by Gasteiger charge is -2.18. The van der Waals surface area contributed by atoms with Crippen LogP contribution < -0.4 is 10.5 Å². The van der Waals surface area contributed by atoms with Gasteiger partial charge in [-0.25, -0.2) is 4.79 Å². The number of rotatable bonds is 5. The molecular weight excluding hydrogens is 278 g/mol. The minimum atomic E-state index is -0.694. The molecule has 0 aromatic heterocycles. The Morgan fingerprint density at radius 2 is 1.65 bits per heavy atom. The molecule has 0 saturated carbocycles. The number of para-hydroxylation sites is 1. The summed E-state index contributed by atoms with van der Waals surface area (Å²) in [5.74, 6) is 1.17. The fourth-order valence-electron chi connectivity index (χ4n) is 1.86. The van der Waals surface area contributed by atoms with Crippen LogP contribution in [0.2, 0.25) is 0 Å². The van der Waals surface area contributed by atoms with E-state index in [-0.39, 0.29) is 37.4 Å². The largest absolute Gasteiger partial charge is 0.513 e. The van der Waals surface area contributed by atoms with Crippen LogP contribution in [0.15, 0.2) is 18.2 Å². The molecule has 0 atom stereocenters. The molecule has 114 valence electrons. The van der Waals surface area contributed by atoms with Crippen LogP contribution in [0, 0.1) is 0 Å². The lowest BCUT2D eigenvalue weighted by atomic mass is 9.94. The fraction of sp³-hybridized carbons (Fsp3) is 0.533. The van der Waals surface area contributed by atoms with Gasteiger partial charge in [-0.3, -0.25) is 0 Å². The van der Waals surface area contributed by atoms with Crippen LogP contribution in [0.25, 0.3) is 0 Å². The summed E-state index contributed by atoms with van der Waals surface area (Å²) < 4.78 is 10.3. The summed E-state index contributed by atoms with van der Waals surface area (Å²) in [5, 5.41) is 0. The second kappa shape index (κ2) is 8.82. The Labute approximate surface area is 127 Å². The Kier molecular flexibility index (Phi) is 8.26. The smallest absolute Gasteiger partial charge is 0.433 e. The summed E-state index contributed by atoms with van der Waals surface area (Å²) in [6.45, 7) is 8.72. The molecular formula is C15H24ClNO3. The number of hydrogen-bond donors (Lipinski definition) is 1. The van der Waals surface area contributed by atoms with Gasteiger partial charge in [0.25, 0.3) is 0 Å². The monoisotopic (exact) mass is 301 g/mol. The van der Waals surface area contributed by atoms with Gasteiger partial charge in [0.15, 0.2) is 0 Å². The van der Waals surface area contributed by atoms with E-state index in [1.54, 1.807) is 0 Å². The number of ether oxygens (including phenoxy) is 2. The molecule has 20 heavy (non-hydrogen) atoms. The standard InChI is InChI=1S/C15H23NO3.ClH/c1-10(2)12-6-5-7-13(11(3)4)14(12)19-15(17)18-9-8-16;/h5-7,10-11H,8-9,16H2,1-4H3;1H. The Balaban J connectivity index is 0.00000361. The third kappa shape index (κ3) is 5.02. The van der Waals surface area contributed by atoms with Crippen molar-refractivity contribution in [3.63, 3.8) is 0 Å². The summed E-state index contributed by atoms with van der Waals surface area (Å²) >= 11 is 0. The lowest BCUT2D eigenvalue weighted by Crippen LogP contribution is -2.18. The molecule has 0 aliphatic rings. The fourth-order valence-corrected chi connectivity index (χ4v) is 1.86. The van der Waals surface area contributed by atoms with Crippen molar-refractivity contribution >= 4 is 18.6 Å². The van der Waals surface area contributed by atoms with Crippen molar-refractivity contribution in [2.24, 2.45) is 5.73 Å². The molecule has 1 aromatic rings. The van der Waals surface area contributed by atoms with Crippen molar-refractivity contribution in [3.05, 3.63) is 29.3 Å². The highest BCUT2D eigenvalue weighted by Crippen LogP contribution is 2.34. The Morgan fingerprint density at radius 1 is 1.15 bits per heavy atom. The van der Waals surface area contributed by atoms with Crippen molar-refractivity contribution in [2.45, 2.75) is 39.5 Å². The SMILES string of the molecule is CC(C)c1cccc(C(C)C)c1OC(=O)OCCN.Cl. The molecule has 0 amide bonds. The summed E-state index contributed by atoms with van der Waals surface area (Å²) in [4.78, 5) is 11.6. The van der Waals surface area contributed by atoms with Crippen molar-refractivity contribution < 1.29 is 14.3 Å². The van der Waals surface area contributed by atoms with Crippen LogP contribution in [0.5, 0.6) is 5.75 Å². The Morgan fingerprint density at radius 3 is 2.05 bits per heavy atom. The Hall–Kier alpha value is -1.26. The van der Waals surface area contributed by atoms with Crippen molar-refractivity contribution in [1.29, 1.82) is 0 Å². The van der Waals surface area contributed by atoms with Crippen LogP contribution in [-0.4, -0.2) is 19.3 Å². The number of benzene rings is 1. The van der Waals surface area contributed by atoms with Crippen molar-refractivity contribution in [3.8, 4) is 5.75 Å². The molecule has 0 bridgehead atoms. The molecule has 5 heteroatoms. The van der Waals surface area contributed by atoms with Gasteiger partial charge in [0, 0.05) is 6.54 Å². The van der Waals surface area contributed by atoms with Gasteiger partial charge in [0.05, 0.1) is 0 Å². The molecule has 0 heterocycles. The summed E-state index contributed by atoms with van der Waals surface area (Å²) in [5.41, 5.74) is 7.31. The van der Waals surface area contributed by atoms with Crippen molar-refractivity contribution in [1.82, 2.24) is 0 Å². The van der Waals surface area contributed by atoms with E-state index in [0.29, 0.717) is 5.75 Å². The zero-order valence-electron chi connectivity index (χ0n) is 12.5. The summed E-state index contributed by atoms with van der Waals surface area (Å²) in [6, 6.07) is 5.94. The maximum absolute atomic E-state index is 11.6. The van der Waals surface area contributed by atoms with Gasteiger partial charge in [-0.2, -0.15) is 0 Å². The first-order valence-electron chi connectivity index (χ1n) is 6.64. The van der Waals surface area contributed by atoms with Crippen LogP contribution >= 0.6 is 12.4 Å². The van der Waals surface area contributed by atoms with Gasteiger partial charge in [-0.15, -0.1) is 12.4 Å². The molecule has 0 spiro atoms. The van der Waals surface area contributed by atoms with E-state index >= 15 is 0 Å². The van der Waals surface area contributed by atoms with Crippen LogP contribution in [0.3, 0.4) is 0 Å². The molecule has 0 aliphatic carbocycles. The molecule has 0 unspecified atom stereocenters. The maximum atomic E-state index is 11.6. The molecule has 0 aliphatic heterocycles. The van der Waals surface area contributed by atoms with E-state index in [9.17, 15) is 4.79 Å². The van der Waals surface area contributed by atoms with Gasteiger partial charge in [0.1, 0.15) is 12.4 Å². The van der Waals surface area contributed by atoms with E-state index in [0.717, 1.165) is 11.1 Å². The van der Waals surface area contributed by atoms with E-state index in [4.69, 9.17) is 15.2 Å². The number of halogens is 1. The molecule has 2 N–H and O–H groups in total. The van der Waals surface area contributed by atoms with Gasteiger partial charge < -0.3 is 15.2 Å². The van der Waals surface area contributed by atoms with Gasteiger partial charge in [-0.05, 0) is 23.0 Å². The second-order valence-electron chi connectivity index (χ2n) is 5.06. The highest BCUT2D eigenvalue weighted by molar-refractivity contribution is 5.85. The first kappa shape index (κ1) is 18.7. The number of hydrogen-bond acceptors (Lipinski definition) is 4. The quantitative estimate of drug-likeness (QED) is 0.663. The maximum Gasteiger partial charge on any atom is 0.513 e. The highest BCUT2D eigenvalue weighted by Gasteiger charge is 2.18. The van der Waals surface area contributed by atoms with E-state index in [1.807, 2.05) is 18.2 Å². The summed E-state index contributed by atoms with van der Waals surface area (Å²) in [6.07, 6.45) is -0.694. The zero-order valence-corrected chi connectivity index (χ0v) is 13.3. The van der Waals surface area contributed by atoms with Crippen LogP contribution in [0.1, 0.15) is 50.7 Å². The minimum Gasteiger partial charge on any atom is -0.433 e. The third-order valence-corrected chi connectivity index (χ3v) is 2.84. The van der Waals surface area contributed by atoms with E-state index in [1.165, 1.54) is 0 Å². The van der Waals surface area contributed by atoms with Gasteiger partial charge in [-0.1, -0.05) is 45.9 Å². The number of carbonyl (C=O) groups is 1. The van der Waals surface area contributed by atoms with E-state index < -0.39 is 6.16 Å². The molecule has 0 saturated heterocycles. The number of nitrogens with two attached hydrogens (primary N) is 1. The average molecular weight is 302 g/mol. The predicted molar refractivity (Wildman–Crippen MR) is 82.9 cm³/mol. The highest BCUT2D eigenvalue weighted by atomic mass is 35.5. The second-order valence-corrected chi connectivity index (χ2v) is 5.06. The Bertz CT molecular complexity index is 407. The number of carbonyl (C=O) groups excluding carboxylic acids is 1. The first-order valence-corrected chi connectivity index (χ1v) is 6.64. The van der Waals surface area contributed by atoms with E-state index in [2.05, 4.69) is 27.7 Å². The van der Waals surface area contributed by atoms with Crippen molar-refractivity contribution in [2.75, 3.05) is 13.2 Å². The van der Waals surface area contributed by atoms with Crippen LogP contribution in [-0.2, 0) is 4.74 Å². The minimum absolute atomic E-state index is 0. The lowest BCUT2D eigenvalue weighted by molar-refractivity contribution is 0.101.